The molecule has 0 bridgehead atoms. The maximum Gasteiger partial charge on any atom is 0.248 e. The van der Waals surface area contributed by atoms with Crippen molar-refractivity contribution in [2.45, 2.75) is 38.1 Å². The molecular formula is C21H23FN2O2S. The highest BCUT2D eigenvalue weighted by atomic mass is 32.2. The summed E-state index contributed by atoms with van der Waals surface area (Å²) in [6.45, 7) is 3.91. The fourth-order valence-corrected chi connectivity index (χ4v) is 4.58. The number of hydrogen-bond acceptors (Lipinski definition) is 3. The van der Waals surface area contributed by atoms with Gasteiger partial charge in [-0.05, 0) is 43.2 Å². The summed E-state index contributed by atoms with van der Waals surface area (Å²) in [7, 11) is 0. The van der Waals surface area contributed by atoms with Crippen molar-refractivity contribution in [3.05, 3.63) is 65.5 Å². The standard InChI is InChI=1S/C21H23FN2O2S/c1-3-5-19(25)24-18(20(26)23-17-10-8-14(2)9-11-17)13-27-21(24)15-6-4-7-16(22)12-15/h4,6-12,18,21H,3,5,13H2,1-2H3,(H,23,26). The van der Waals surface area contributed by atoms with E-state index in [4.69, 9.17) is 0 Å². The average molecular weight is 386 g/mol. The van der Waals surface area contributed by atoms with Crippen LogP contribution in [0.3, 0.4) is 0 Å². The zero-order valence-electron chi connectivity index (χ0n) is 15.4. The fourth-order valence-electron chi connectivity index (χ4n) is 3.14. The number of amides is 2. The van der Waals surface area contributed by atoms with Crippen LogP contribution in [0.25, 0.3) is 0 Å². The maximum atomic E-state index is 13.7. The summed E-state index contributed by atoms with van der Waals surface area (Å²) in [5.74, 6) is -0.159. The number of aryl methyl sites for hydroxylation is 1. The Morgan fingerprint density at radius 3 is 2.63 bits per heavy atom. The van der Waals surface area contributed by atoms with Gasteiger partial charge in [-0.2, -0.15) is 0 Å². The van der Waals surface area contributed by atoms with E-state index < -0.39 is 6.04 Å². The van der Waals surface area contributed by atoms with Crippen molar-refractivity contribution >= 4 is 29.3 Å². The monoisotopic (exact) mass is 386 g/mol. The Hall–Kier alpha value is -2.34. The first-order chi connectivity index (χ1) is 13.0. The van der Waals surface area contributed by atoms with Crippen LogP contribution in [-0.4, -0.2) is 28.5 Å². The Bertz CT molecular complexity index is 825. The lowest BCUT2D eigenvalue weighted by Gasteiger charge is -2.29. The molecule has 0 aliphatic carbocycles. The minimum Gasteiger partial charge on any atom is -0.324 e. The van der Waals surface area contributed by atoms with Crippen molar-refractivity contribution in [2.75, 3.05) is 11.1 Å². The van der Waals surface area contributed by atoms with Crippen LogP contribution in [0.4, 0.5) is 10.1 Å². The summed E-state index contributed by atoms with van der Waals surface area (Å²) in [6, 6.07) is 13.2. The molecule has 3 rings (SSSR count). The largest absolute Gasteiger partial charge is 0.324 e. The maximum absolute atomic E-state index is 13.7. The Morgan fingerprint density at radius 2 is 1.96 bits per heavy atom. The number of nitrogens with one attached hydrogen (secondary N) is 1. The minimum absolute atomic E-state index is 0.0826. The first-order valence-electron chi connectivity index (χ1n) is 9.05. The smallest absolute Gasteiger partial charge is 0.248 e. The summed E-state index contributed by atoms with van der Waals surface area (Å²) in [5.41, 5.74) is 2.51. The fraction of sp³-hybridized carbons (Fsp3) is 0.333. The third-order valence-corrected chi connectivity index (χ3v) is 5.83. The Morgan fingerprint density at radius 1 is 1.22 bits per heavy atom. The highest BCUT2D eigenvalue weighted by molar-refractivity contribution is 7.99. The normalized spacial score (nSPS) is 19.1. The van der Waals surface area contributed by atoms with Gasteiger partial charge in [-0.1, -0.05) is 36.8 Å². The summed E-state index contributed by atoms with van der Waals surface area (Å²) in [6.07, 6.45) is 1.06. The van der Waals surface area contributed by atoms with E-state index >= 15 is 0 Å². The van der Waals surface area contributed by atoms with E-state index in [1.54, 1.807) is 17.0 Å². The SMILES string of the molecule is CCCC(=O)N1C(C(=O)Nc2ccc(C)cc2)CSC1c1cccc(F)c1. The molecule has 1 N–H and O–H groups in total. The van der Waals surface area contributed by atoms with Crippen molar-refractivity contribution in [2.24, 2.45) is 0 Å². The zero-order chi connectivity index (χ0) is 19.4. The molecular weight excluding hydrogens is 363 g/mol. The van der Waals surface area contributed by atoms with Gasteiger partial charge >= 0.3 is 0 Å². The zero-order valence-corrected chi connectivity index (χ0v) is 16.3. The molecule has 142 valence electrons. The van der Waals surface area contributed by atoms with Gasteiger partial charge in [0.2, 0.25) is 11.8 Å². The molecule has 0 saturated carbocycles. The predicted octanol–water partition coefficient (Wildman–Crippen LogP) is 4.52. The van der Waals surface area contributed by atoms with Crippen LogP contribution in [0.1, 0.15) is 36.3 Å². The van der Waals surface area contributed by atoms with Crippen LogP contribution in [0.5, 0.6) is 0 Å². The molecule has 2 atom stereocenters. The number of nitrogens with zero attached hydrogens (tertiary/aromatic N) is 1. The molecule has 0 spiro atoms. The van der Waals surface area contributed by atoms with Crippen LogP contribution in [0.15, 0.2) is 48.5 Å². The summed E-state index contributed by atoms with van der Waals surface area (Å²) in [5, 5.41) is 2.55. The van der Waals surface area contributed by atoms with E-state index in [-0.39, 0.29) is 23.0 Å². The van der Waals surface area contributed by atoms with E-state index in [1.807, 2.05) is 38.1 Å². The van der Waals surface area contributed by atoms with Crippen molar-refractivity contribution < 1.29 is 14.0 Å². The quantitative estimate of drug-likeness (QED) is 0.822. The van der Waals surface area contributed by atoms with E-state index in [9.17, 15) is 14.0 Å². The minimum atomic E-state index is -0.580. The average Bonchev–Trinajstić information content (AvgIpc) is 3.09. The number of halogens is 1. The van der Waals surface area contributed by atoms with Crippen molar-refractivity contribution in [1.29, 1.82) is 0 Å². The number of benzene rings is 2. The number of carbonyl (C=O) groups excluding carboxylic acids is 2. The molecule has 6 heteroatoms. The molecule has 1 aliphatic heterocycles. The molecule has 27 heavy (non-hydrogen) atoms. The highest BCUT2D eigenvalue weighted by Gasteiger charge is 2.41. The molecule has 4 nitrogen and oxygen atoms in total. The number of hydrogen-bond donors (Lipinski definition) is 1. The molecule has 0 aromatic heterocycles. The Balaban J connectivity index is 1.83. The first-order valence-corrected chi connectivity index (χ1v) is 10.1. The van der Waals surface area contributed by atoms with E-state index in [2.05, 4.69) is 5.32 Å². The van der Waals surface area contributed by atoms with Crippen LogP contribution < -0.4 is 5.32 Å². The number of carbonyl (C=O) groups is 2. The van der Waals surface area contributed by atoms with E-state index in [0.29, 0.717) is 29.8 Å². The third kappa shape index (κ3) is 4.50. The molecule has 1 aliphatic rings. The number of rotatable bonds is 5. The van der Waals surface area contributed by atoms with Gasteiger partial charge in [0.1, 0.15) is 17.2 Å². The van der Waals surface area contributed by atoms with Gasteiger partial charge in [0.05, 0.1) is 0 Å². The van der Waals surface area contributed by atoms with Gasteiger partial charge in [0.25, 0.3) is 0 Å². The first kappa shape index (κ1) is 19.4. The van der Waals surface area contributed by atoms with Gasteiger partial charge in [-0.15, -0.1) is 11.8 Å². The van der Waals surface area contributed by atoms with Gasteiger partial charge < -0.3 is 10.2 Å². The molecule has 2 aromatic carbocycles. The van der Waals surface area contributed by atoms with Crippen molar-refractivity contribution in [3.8, 4) is 0 Å². The number of anilines is 1. The van der Waals surface area contributed by atoms with Crippen molar-refractivity contribution in [1.82, 2.24) is 4.90 Å². The lowest BCUT2D eigenvalue weighted by molar-refractivity contribution is -0.138. The molecule has 0 radical (unpaired) electrons. The third-order valence-electron chi connectivity index (χ3n) is 4.51. The lowest BCUT2D eigenvalue weighted by Crippen LogP contribution is -2.45. The molecule has 2 amide bonds. The second kappa shape index (κ2) is 8.57. The van der Waals surface area contributed by atoms with Gasteiger partial charge in [0, 0.05) is 17.9 Å². The van der Waals surface area contributed by atoms with Crippen molar-refractivity contribution in [3.63, 3.8) is 0 Å². The second-order valence-electron chi connectivity index (χ2n) is 6.66. The Kier molecular flexibility index (Phi) is 6.16. The summed E-state index contributed by atoms with van der Waals surface area (Å²) < 4.78 is 13.7. The Labute approximate surface area is 163 Å². The molecule has 1 saturated heterocycles. The van der Waals surface area contributed by atoms with Gasteiger partial charge in [-0.3, -0.25) is 9.59 Å². The summed E-state index contributed by atoms with van der Waals surface area (Å²) in [4.78, 5) is 27.3. The molecule has 2 aromatic rings. The van der Waals surface area contributed by atoms with Crippen LogP contribution in [-0.2, 0) is 9.59 Å². The van der Waals surface area contributed by atoms with Gasteiger partial charge in [-0.25, -0.2) is 4.39 Å². The highest BCUT2D eigenvalue weighted by Crippen LogP contribution is 2.42. The lowest BCUT2D eigenvalue weighted by atomic mass is 10.1. The van der Waals surface area contributed by atoms with E-state index in [0.717, 1.165) is 5.56 Å². The van der Waals surface area contributed by atoms with E-state index in [1.165, 1.54) is 23.9 Å². The van der Waals surface area contributed by atoms with Crippen LogP contribution in [0, 0.1) is 12.7 Å². The molecule has 1 fully saturated rings. The number of thioether (sulfide) groups is 1. The predicted molar refractivity (Wildman–Crippen MR) is 107 cm³/mol. The van der Waals surface area contributed by atoms with Crippen LogP contribution >= 0.6 is 11.8 Å². The molecule has 2 unspecified atom stereocenters. The summed E-state index contributed by atoms with van der Waals surface area (Å²) >= 11 is 1.49. The topological polar surface area (TPSA) is 49.4 Å². The second-order valence-corrected chi connectivity index (χ2v) is 7.78. The van der Waals surface area contributed by atoms with Gasteiger partial charge in [0.15, 0.2) is 0 Å². The molecule has 1 heterocycles. The van der Waals surface area contributed by atoms with Crippen LogP contribution in [0.2, 0.25) is 0 Å².